The second kappa shape index (κ2) is 10.6. The minimum atomic E-state index is 0.0592. The van der Waals surface area contributed by atoms with Gasteiger partial charge in [0.25, 0.3) is 0 Å². The van der Waals surface area contributed by atoms with Crippen LogP contribution in [-0.4, -0.2) is 33.5 Å². The molecular formula is C31H35N3O2. The molecule has 2 unspecified atom stereocenters. The van der Waals surface area contributed by atoms with Gasteiger partial charge in [-0.05, 0) is 62.9 Å². The maximum absolute atomic E-state index is 13.1. The highest BCUT2D eigenvalue weighted by atomic mass is 16.5. The number of aromatic nitrogens is 2. The van der Waals surface area contributed by atoms with Crippen LogP contribution < -0.4 is 4.74 Å². The molecule has 1 aromatic heterocycles. The summed E-state index contributed by atoms with van der Waals surface area (Å²) in [6, 6.07) is 25.0. The molecule has 1 fully saturated rings. The van der Waals surface area contributed by atoms with Crippen molar-refractivity contribution >= 4 is 16.9 Å². The quantitative estimate of drug-likeness (QED) is 0.253. The van der Waals surface area contributed by atoms with Crippen LogP contribution in [0.1, 0.15) is 60.7 Å². The predicted octanol–water partition coefficient (Wildman–Crippen LogP) is 6.59. The van der Waals surface area contributed by atoms with E-state index in [2.05, 4.69) is 73.9 Å². The summed E-state index contributed by atoms with van der Waals surface area (Å²) in [5, 5.41) is 0. The average Bonchev–Trinajstić information content (AvgIpc) is 3.45. The van der Waals surface area contributed by atoms with Crippen LogP contribution in [0.4, 0.5) is 0 Å². The number of likely N-dealkylation sites (tertiary alicyclic amines) is 1. The molecule has 1 aliphatic heterocycles. The van der Waals surface area contributed by atoms with Crippen LogP contribution >= 0.6 is 0 Å². The predicted molar refractivity (Wildman–Crippen MR) is 144 cm³/mol. The first kappa shape index (κ1) is 24.1. The number of aryl methyl sites for hydroxylation is 3. The summed E-state index contributed by atoms with van der Waals surface area (Å²) < 4.78 is 8.38. The van der Waals surface area contributed by atoms with Gasteiger partial charge in [-0.3, -0.25) is 4.79 Å². The van der Waals surface area contributed by atoms with Gasteiger partial charge in [0.15, 0.2) is 0 Å². The van der Waals surface area contributed by atoms with Gasteiger partial charge in [-0.25, -0.2) is 4.98 Å². The third kappa shape index (κ3) is 5.01. The zero-order valence-corrected chi connectivity index (χ0v) is 21.5. The van der Waals surface area contributed by atoms with Gasteiger partial charge in [-0.2, -0.15) is 0 Å². The van der Waals surface area contributed by atoms with E-state index in [0.717, 1.165) is 42.0 Å². The van der Waals surface area contributed by atoms with E-state index in [1.165, 1.54) is 16.7 Å². The lowest BCUT2D eigenvalue weighted by atomic mass is 10.1. The van der Waals surface area contributed by atoms with Gasteiger partial charge in [-0.15, -0.1) is 0 Å². The van der Waals surface area contributed by atoms with Crippen LogP contribution in [0.2, 0.25) is 0 Å². The molecule has 0 N–H and O–H groups in total. The standard InChI is InChI=1S/C31H35N3O2/c1-22-15-16-29(23(2)19-22)36-18-10-9-17-33-28-14-8-7-13-27(28)32-31(33)26-20-30(35)34(21-26)24(3)25-11-5-4-6-12-25/h4-8,11-16,19,24,26H,9-10,17-18,20-21H2,1-3H3. The Balaban J connectivity index is 1.28. The van der Waals surface area contributed by atoms with Crippen molar-refractivity contribution in [3.63, 3.8) is 0 Å². The van der Waals surface area contributed by atoms with Gasteiger partial charge >= 0.3 is 0 Å². The van der Waals surface area contributed by atoms with Gasteiger partial charge in [0.1, 0.15) is 11.6 Å². The molecular weight excluding hydrogens is 446 g/mol. The molecule has 0 aliphatic carbocycles. The molecule has 5 heteroatoms. The third-order valence-electron chi connectivity index (χ3n) is 7.32. The molecule has 186 valence electrons. The Morgan fingerprint density at radius 1 is 1.00 bits per heavy atom. The Hall–Kier alpha value is -3.60. The average molecular weight is 482 g/mol. The summed E-state index contributed by atoms with van der Waals surface area (Å²) in [5.74, 6) is 2.30. The molecule has 0 radical (unpaired) electrons. The molecule has 0 bridgehead atoms. The van der Waals surface area contributed by atoms with Crippen LogP contribution in [0, 0.1) is 13.8 Å². The lowest BCUT2D eigenvalue weighted by Gasteiger charge is -2.25. The van der Waals surface area contributed by atoms with E-state index in [0.29, 0.717) is 19.6 Å². The van der Waals surface area contributed by atoms with E-state index in [-0.39, 0.29) is 17.9 Å². The second-order valence-electron chi connectivity index (χ2n) is 9.97. The van der Waals surface area contributed by atoms with Crippen molar-refractivity contribution in [3.8, 4) is 5.75 Å². The van der Waals surface area contributed by atoms with Crippen molar-refractivity contribution < 1.29 is 9.53 Å². The molecule has 1 amide bonds. The summed E-state index contributed by atoms with van der Waals surface area (Å²) in [7, 11) is 0. The number of rotatable bonds is 9. The fourth-order valence-corrected chi connectivity index (χ4v) is 5.35. The van der Waals surface area contributed by atoms with Gasteiger partial charge in [0.05, 0.1) is 23.7 Å². The molecule has 5 rings (SSSR count). The molecule has 0 saturated carbocycles. The number of hydrogen-bond acceptors (Lipinski definition) is 3. The summed E-state index contributed by atoms with van der Waals surface area (Å²) in [6.45, 7) is 8.57. The fraction of sp³-hybridized carbons (Fsp3) is 0.355. The number of ether oxygens (including phenoxy) is 1. The van der Waals surface area contributed by atoms with Crippen molar-refractivity contribution in [1.82, 2.24) is 14.5 Å². The monoisotopic (exact) mass is 481 g/mol. The van der Waals surface area contributed by atoms with E-state index < -0.39 is 0 Å². The maximum Gasteiger partial charge on any atom is 0.223 e. The number of benzene rings is 3. The lowest BCUT2D eigenvalue weighted by molar-refractivity contribution is -0.129. The zero-order valence-electron chi connectivity index (χ0n) is 21.5. The van der Waals surface area contributed by atoms with Crippen LogP contribution in [0.5, 0.6) is 5.75 Å². The van der Waals surface area contributed by atoms with Gasteiger partial charge < -0.3 is 14.2 Å². The van der Waals surface area contributed by atoms with Gasteiger partial charge in [0.2, 0.25) is 5.91 Å². The number of fused-ring (bicyclic) bond motifs is 1. The number of imidazole rings is 1. The molecule has 2 atom stereocenters. The highest BCUT2D eigenvalue weighted by Gasteiger charge is 2.36. The molecule has 1 saturated heterocycles. The Morgan fingerprint density at radius 3 is 2.58 bits per heavy atom. The Labute approximate surface area is 213 Å². The van der Waals surface area contributed by atoms with Crippen LogP contribution in [0.25, 0.3) is 11.0 Å². The van der Waals surface area contributed by atoms with Crippen LogP contribution in [-0.2, 0) is 11.3 Å². The SMILES string of the molecule is Cc1ccc(OCCCCn2c(C3CC(=O)N(C(C)c4ccccc4)C3)nc3ccccc32)c(C)c1. The number of nitrogens with zero attached hydrogens (tertiary/aromatic N) is 3. The summed E-state index contributed by atoms with van der Waals surface area (Å²) in [5.41, 5.74) is 5.74. The largest absolute Gasteiger partial charge is 0.493 e. The molecule has 3 aromatic carbocycles. The van der Waals surface area contributed by atoms with E-state index in [1.54, 1.807) is 0 Å². The van der Waals surface area contributed by atoms with Crippen LogP contribution in [0.15, 0.2) is 72.8 Å². The van der Waals surface area contributed by atoms with Crippen molar-refractivity contribution in [2.75, 3.05) is 13.2 Å². The number of para-hydroxylation sites is 2. The van der Waals surface area contributed by atoms with Gasteiger partial charge in [-0.1, -0.05) is 60.2 Å². The van der Waals surface area contributed by atoms with Crippen molar-refractivity contribution in [3.05, 3.63) is 95.3 Å². The lowest BCUT2D eigenvalue weighted by Crippen LogP contribution is -2.28. The first-order valence-corrected chi connectivity index (χ1v) is 13.0. The number of carbonyl (C=O) groups excluding carboxylic acids is 1. The highest BCUT2D eigenvalue weighted by molar-refractivity contribution is 5.81. The second-order valence-corrected chi connectivity index (χ2v) is 9.97. The molecule has 36 heavy (non-hydrogen) atoms. The summed E-state index contributed by atoms with van der Waals surface area (Å²) in [6.07, 6.45) is 2.46. The van der Waals surface area contributed by atoms with Crippen molar-refractivity contribution in [2.45, 2.75) is 58.5 Å². The molecule has 4 aromatic rings. The van der Waals surface area contributed by atoms with Gasteiger partial charge in [0, 0.05) is 25.4 Å². The normalized spacial score (nSPS) is 16.6. The Kier molecular flexibility index (Phi) is 7.08. The number of hydrogen-bond donors (Lipinski definition) is 0. The number of unbranched alkanes of at least 4 members (excludes halogenated alkanes) is 1. The molecule has 1 aliphatic rings. The summed E-state index contributed by atoms with van der Waals surface area (Å²) in [4.78, 5) is 20.1. The minimum Gasteiger partial charge on any atom is -0.493 e. The third-order valence-corrected chi connectivity index (χ3v) is 7.32. The Morgan fingerprint density at radius 2 is 1.78 bits per heavy atom. The highest BCUT2D eigenvalue weighted by Crippen LogP contribution is 2.35. The molecule has 2 heterocycles. The van der Waals surface area contributed by atoms with Crippen molar-refractivity contribution in [2.24, 2.45) is 0 Å². The van der Waals surface area contributed by atoms with E-state index in [1.807, 2.05) is 29.2 Å². The van der Waals surface area contributed by atoms with E-state index >= 15 is 0 Å². The van der Waals surface area contributed by atoms with Crippen LogP contribution in [0.3, 0.4) is 0 Å². The fourth-order valence-electron chi connectivity index (χ4n) is 5.35. The first-order chi connectivity index (χ1) is 17.5. The maximum atomic E-state index is 13.1. The first-order valence-electron chi connectivity index (χ1n) is 13.0. The number of amides is 1. The minimum absolute atomic E-state index is 0.0592. The number of carbonyl (C=O) groups is 1. The van der Waals surface area contributed by atoms with E-state index in [4.69, 9.17) is 9.72 Å². The Bertz CT molecular complexity index is 1340. The topological polar surface area (TPSA) is 47.4 Å². The smallest absolute Gasteiger partial charge is 0.223 e. The molecule has 0 spiro atoms. The summed E-state index contributed by atoms with van der Waals surface area (Å²) >= 11 is 0. The van der Waals surface area contributed by atoms with Crippen molar-refractivity contribution in [1.29, 1.82) is 0 Å². The van der Waals surface area contributed by atoms with E-state index in [9.17, 15) is 4.79 Å². The molecule has 5 nitrogen and oxygen atoms in total. The zero-order chi connectivity index (χ0) is 25.1.